The van der Waals surface area contributed by atoms with E-state index in [1.807, 2.05) is 37.2 Å². The number of aliphatic imine (C=N–C) groups is 1. The molecule has 1 N–H and O–H groups in total. The van der Waals surface area contributed by atoms with E-state index in [-0.39, 0.29) is 6.10 Å². The summed E-state index contributed by atoms with van der Waals surface area (Å²) in [6, 6.07) is 10.4. The molecule has 164 valence electrons. The molecule has 3 aromatic rings. The van der Waals surface area contributed by atoms with E-state index < -0.39 is 0 Å². The fourth-order valence-corrected chi connectivity index (χ4v) is 4.05. The first-order chi connectivity index (χ1) is 15.0. The molecule has 31 heavy (non-hydrogen) atoms. The SMILES string of the molecule is CN=C(NCc1c(C)nn(Cc2ccccc2)c1C)N1CCOC(c2cnn(C)c2)C1. The van der Waals surface area contributed by atoms with Crippen molar-refractivity contribution in [2.45, 2.75) is 33.0 Å². The Kier molecular flexibility index (Phi) is 6.36. The van der Waals surface area contributed by atoms with Crippen molar-refractivity contribution in [3.8, 4) is 0 Å². The lowest BCUT2D eigenvalue weighted by atomic mass is 10.1. The lowest BCUT2D eigenvalue weighted by Gasteiger charge is -2.34. The number of ether oxygens (including phenoxy) is 1. The van der Waals surface area contributed by atoms with Crippen molar-refractivity contribution in [2.24, 2.45) is 12.0 Å². The van der Waals surface area contributed by atoms with Crippen molar-refractivity contribution >= 4 is 5.96 Å². The van der Waals surface area contributed by atoms with Gasteiger partial charge in [0.05, 0.1) is 31.6 Å². The molecular formula is C23H31N7O. The number of nitrogens with zero attached hydrogens (tertiary/aromatic N) is 6. The molecule has 1 aromatic carbocycles. The van der Waals surface area contributed by atoms with Crippen LogP contribution in [0.15, 0.2) is 47.7 Å². The van der Waals surface area contributed by atoms with E-state index in [1.165, 1.54) is 16.8 Å². The molecule has 2 aromatic heterocycles. The van der Waals surface area contributed by atoms with Gasteiger partial charge in [-0.1, -0.05) is 30.3 Å². The molecule has 8 nitrogen and oxygen atoms in total. The predicted molar refractivity (Wildman–Crippen MR) is 121 cm³/mol. The van der Waals surface area contributed by atoms with Crippen LogP contribution in [0, 0.1) is 13.8 Å². The smallest absolute Gasteiger partial charge is 0.194 e. The number of morpholine rings is 1. The highest BCUT2D eigenvalue weighted by molar-refractivity contribution is 5.80. The molecule has 4 rings (SSSR count). The maximum atomic E-state index is 5.97. The van der Waals surface area contributed by atoms with E-state index in [2.05, 4.69) is 63.1 Å². The van der Waals surface area contributed by atoms with Crippen LogP contribution < -0.4 is 5.32 Å². The van der Waals surface area contributed by atoms with Gasteiger partial charge in [-0.25, -0.2) is 0 Å². The quantitative estimate of drug-likeness (QED) is 0.506. The van der Waals surface area contributed by atoms with Gasteiger partial charge < -0.3 is 15.0 Å². The molecule has 0 aliphatic carbocycles. The minimum atomic E-state index is -0.00176. The number of benzene rings is 1. The minimum absolute atomic E-state index is 0.00176. The topological polar surface area (TPSA) is 72.5 Å². The molecule has 0 radical (unpaired) electrons. The van der Waals surface area contributed by atoms with Gasteiger partial charge in [-0.15, -0.1) is 0 Å². The Morgan fingerprint density at radius 2 is 2.06 bits per heavy atom. The normalized spacial score (nSPS) is 17.2. The molecule has 1 unspecified atom stereocenters. The molecule has 8 heteroatoms. The highest BCUT2D eigenvalue weighted by Gasteiger charge is 2.25. The van der Waals surface area contributed by atoms with Crippen molar-refractivity contribution in [3.63, 3.8) is 0 Å². The van der Waals surface area contributed by atoms with Gasteiger partial charge in [0.25, 0.3) is 0 Å². The zero-order valence-electron chi connectivity index (χ0n) is 18.7. The average molecular weight is 422 g/mol. The van der Waals surface area contributed by atoms with Crippen molar-refractivity contribution < 1.29 is 4.74 Å². The summed E-state index contributed by atoms with van der Waals surface area (Å²) in [6.07, 6.45) is 3.88. The first kappa shape index (κ1) is 21.1. The van der Waals surface area contributed by atoms with E-state index >= 15 is 0 Å². The first-order valence-corrected chi connectivity index (χ1v) is 10.7. The molecule has 1 aliphatic heterocycles. The van der Waals surface area contributed by atoms with Crippen LogP contribution in [-0.2, 0) is 24.9 Å². The van der Waals surface area contributed by atoms with Crippen molar-refractivity contribution in [2.75, 3.05) is 26.7 Å². The standard InChI is InChI=1S/C23H31N7O/c1-17-21(18(2)30(27-17)14-19-8-6-5-7-9-19)13-25-23(24-3)29-10-11-31-22(16-29)20-12-26-28(4)15-20/h5-9,12,15,22H,10-11,13-14,16H2,1-4H3,(H,24,25). The number of guanidine groups is 1. The van der Waals surface area contributed by atoms with Crippen LogP contribution in [0.1, 0.15) is 34.2 Å². The fraction of sp³-hybridized carbons (Fsp3) is 0.435. The predicted octanol–water partition coefficient (Wildman–Crippen LogP) is 2.43. The highest BCUT2D eigenvalue weighted by atomic mass is 16.5. The molecule has 3 heterocycles. The summed E-state index contributed by atoms with van der Waals surface area (Å²) in [4.78, 5) is 6.77. The maximum absolute atomic E-state index is 5.97. The highest BCUT2D eigenvalue weighted by Crippen LogP contribution is 2.22. The van der Waals surface area contributed by atoms with E-state index in [4.69, 9.17) is 9.84 Å². The molecule has 0 bridgehead atoms. The fourth-order valence-electron chi connectivity index (χ4n) is 4.05. The summed E-state index contributed by atoms with van der Waals surface area (Å²) in [5, 5.41) is 12.6. The van der Waals surface area contributed by atoms with Gasteiger partial charge >= 0.3 is 0 Å². The Bertz CT molecular complexity index is 1040. The lowest BCUT2D eigenvalue weighted by molar-refractivity contribution is -0.00805. The molecule has 0 spiro atoms. The van der Waals surface area contributed by atoms with Crippen molar-refractivity contribution in [1.29, 1.82) is 0 Å². The van der Waals surface area contributed by atoms with Crippen molar-refractivity contribution in [1.82, 2.24) is 29.8 Å². The van der Waals surface area contributed by atoms with E-state index in [0.717, 1.165) is 36.9 Å². The second-order valence-corrected chi connectivity index (χ2v) is 7.95. The molecular weight excluding hydrogens is 390 g/mol. The summed E-state index contributed by atoms with van der Waals surface area (Å²) in [7, 11) is 3.75. The number of hydrogen-bond acceptors (Lipinski definition) is 4. The molecule has 1 atom stereocenters. The van der Waals surface area contributed by atoms with Crippen molar-refractivity contribution in [3.05, 3.63) is 70.8 Å². The van der Waals surface area contributed by atoms with Gasteiger partial charge in [0.1, 0.15) is 6.10 Å². The molecule has 1 saturated heterocycles. The Balaban J connectivity index is 1.42. The van der Waals surface area contributed by atoms with Gasteiger partial charge in [-0.2, -0.15) is 10.2 Å². The first-order valence-electron chi connectivity index (χ1n) is 10.7. The second-order valence-electron chi connectivity index (χ2n) is 7.95. The molecule has 0 amide bonds. The monoisotopic (exact) mass is 421 g/mol. The number of aryl methyl sites for hydroxylation is 2. The summed E-state index contributed by atoms with van der Waals surface area (Å²) in [5.74, 6) is 0.881. The van der Waals surface area contributed by atoms with Crippen LogP contribution >= 0.6 is 0 Å². The van der Waals surface area contributed by atoms with E-state index in [0.29, 0.717) is 13.2 Å². The summed E-state index contributed by atoms with van der Waals surface area (Å²) < 4.78 is 9.86. The molecule has 0 saturated carbocycles. The Hall–Kier alpha value is -3.13. The van der Waals surface area contributed by atoms with Gasteiger partial charge in [0.15, 0.2) is 5.96 Å². The third kappa shape index (κ3) is 4.80. The number of rotatable bonds is 5. The number of nitrogens with one attached hydrogen (secondary N) is 1. The van der Waals surface area contributed by atoms with Gasteiger partial charge in [-0.05, 0) is 19.4 Å². The zero-order chi connectivity index (χ0) is 21.8. The third-order valence-electron chi connectivity index (χ3n) is 5.80. The number of aromatic nitrogens is 4. The van der Waals surface area contributed by atoms with E-state index in [9.17, 15) is 0 Å². The Labute approximate surface area is 183 Å². The van der Waals surface area contributed by atoms with Crippen LogP contribution in [0.2, 0.25) is 0 Å². The zero-order valence-corrected chi connectivity index (χ0v) is 18.7. The Morgan fingerprint density at radius 3 is 2.77 bits per heavy atom. The van der Waals surface area contributed by atoms with Crippen LogP contribution in [0.25, 0.3) is 0 Å². The summed E-state index contributed by atoms with van der Waals surface area (Å²) in [5.41, 5.74) is 5.79. The molecule has 1 aliphatic rings. The summed E-state index contributed by atoms with van der Waals surface area (Å²) in [6.45, 7) is 7.88. The largest absolute Gasteiger partial charge is 0.370 e. The van der Waals surface area contributed by atoms with E-state index in [1.54, 1.807) is 0 Å². The maximum Gasteiger partial charge on any atom is 0.194 e. The lowest BCUT2D eigenvalue weighted by Crippen LogP contribution is -2.48. The van der Waals surface area contributed by atoms with Gasteiger partial charge in [0.2, 0.25) is 0 Å². The second kappa shape index (κ2) is 9.34. The third-order valence-corrected chi connectivity index (χ3v) is 5.80. The van der Waals surface area contributed by atoms with Crippen LogP contribution in [0.3, 0.4) is 0 Å². The average Bonchev–Trinajstić information content (AvgIpc) is 3.33. The van der Waals surface area contributed by atoms with Crippen LogP contribution in [0.4, 0.5) is 0 Å². The number of hydrogen-bond donors (Lipinski definition) is 1. The minimum Gasteiger partial charge on any atom is -0.370 e. The molecule has 1 fully saturated rings. The summed E-state index contributed by atoms with van der Waals surface area (Å²) >= 11 is 0. The Morgan fingerprint density at radius 1 is 1.26 bits per heavy atom. The van der Waals surface area contributed by atoms with Crippen LogP contribution in [-0.4, -0.2) is 57.2 Å². The van der Waals surface area contributed by atoms with Gasteiger partial charge in [0, 0.05) is 50.2 Å². The van der Waals surface area contributed by atoms with Gasteiger partial charge in [-0.3, -0.25) is 14.4 Å². The van der Waals surface area contributed by atoms with Crippen LogP contribution in [0.5, 0.6) is 0 Å².